The fourth-order valence-electron chi connectivity index (χ4n) is 3.95. The summed E-state index contributed by atoms with van der Waals surface area (Å²) in [4.78, 5) is 28.3. The summed E-state index contributed by atoms with van der Waals surface area (Å²) in [5, 5.41) is 2.89. The average molecular weight is 570 g/mol. The first-order valence-electron chi connectivity index (χ1n) is 13.0. The molecule has 0 spiro atoms. The van der Waals surface area contributed by atoms with Crippen molar-refractivity contribution in [3.8, 4) is 5.75 Å². The van der Waals surface area contributed by atoms with E-state index in [9.17, 15) is 22.4 Å². The molecular formula is C30H36FN3O5S. The lowest BCUT2D eigenvalue weighted by Gasteiger charge is -2.32. The van der Waals surface area contributed by atoms with E-state index in [2.05, 4.69) is 5.32 Å². The molecule has 0 aliphatic carbocycles. The number of hydrogen-bond donors (Lipinski definition) is 1. The number of carbonyl (C=O) groups is 2. The van der Waals surface area contributed by atoms with Gasteiger partial charge in [0.15, 0.2) is 0 Å². The Hall–Kier alpha value is -3.92. The molecule has 0 heterocycles. The summed E-state index contributed by atoms with van der Waals surface area (Å²) < 4.78 is 47.4. The summed E-state index contributed by atoms with van der Waals surface area (Å²) in [5.74, 6) is -0.858. The third-order valence-electron chi connectivity index (χ3n) is 6.68. The third kappa shape index (κ3) is 7.59. The summed E-state index contributed by atoms with van der Waals surface area (Å²) in [5.41, 5.74) is 1.72. The maximum atomic E-state index is 13.9. The van der Waals surface area contributed by atoms with Crippen LogP contribution in [0.1, 0.15) is 38.3 Å². The number of nitrogens with one attached hydrogen (secondary N) is 1. The van der Waals surface area contributed by atoms with Crippen molar-refractivity contribution in [1.29, 1.82) is 0 Å². The van der Waals surface area contributed by atoms with Crippen molar-refractivity contribution in [3.05, 3.63) is 89.7 Å². The Morgan fingerprint density at radius 3 is 2.10 bits per heavy atom. The number of ether oxygens (including phenoxy) is 1. The molecule has 0 saturated heterocycles. The van der Waals surface area contributed by atoms with Crippen LogP contribution in [0.25, 0.3) is 0 Å². The Labute approximate surface area is 235 Å². The molecule has 0 aromatic heterocycles. The van der Waals surface area contributed by atoms with Crippen LogP contribution in [0.3, 0.4) is 0 Å². The van der Waals surface area contributed by atoms with Crippen LogP contribution in [0.15, 0.2) is 77.7 Å². The Kier molecular flexibility index (Phi) is 10.3. The van der Waals surface area contributed by atoms with E-state index in [0.717, 1.165) is 27.6 Å². The number of amides is 2. The molecule has 10 heteroatoms. The number of sulfonamides is 1. The van der Waals surface area contributed by atoms with Gasteiger partial charge in [0.2, 0.25) is 11.8 Å². The van der Waals surface area contributed by atoms with Crippen LogP contribution in [-0.4, -0.2) is 50.9 Å². The number of nitrogens with zero attached hydrogens (tertiary/aromatic N) is 2. The van der Waals surface area contributed by atoms with Gasteiger partial charge in [-0.25, -0.2) is 12.8 Å². The molecular weight excluding hydrogens is 533 g/mol. The number of rotatable bonds is 12. The minimum atomic E-state index is -4.22. The van der Waals surface area contributed by atoms with E-state index in [0.29, 0.717) is 12.2 Å². The molecule has 0 radical (unpaired) electrons. The predicted octanol–water partition coefficient (Wildman–Crippen LogP) is 4.67. The van der Waals surface area contributed by atoms with Crippen molar-refractivity contribution in [3.63, 3.8) is 0 Å². The molecule has 2 atom stereocenters. The van der Waals surface area contributed by atoms with Gasteiger partial charge in [0.05, 0.1) is 17.7 Å². The van der Waals surface area contributed by atoms with Crippen LogP contribution < -0.4 is 14.4 Å². The summed E-state index contributed by atoms with van der Waals surface area (Å²) in [6, 6.07) is 17.2. The van der Waals surface area contributed by atoms with Crippen molar-refractivity contribution in [1.82, 2.24) is 10.2 Å². The van der Waals surface area contributed by atoms with Gasteiger partial charge in [-0.15, -0.1) is 0 Å². The fourth-order valence-corrected chi connectivity index (χ4v) is 5.36. The summed E-state index contributed by atoms with van der Waals surface area (Å²) in [6.45, 7) is 6.70. The summed E-state index contributed by atoms with van der Waals surface area (Å²) >= 11 is 0. The standard InChI is InChI=1S/C30H36FN3O5S/c1-6-22(3)32-30(36)23(4)33(19-24-9-15-27(39-5)16-10-24)29(35)20-34(26-13-11-25(31)12-14-26)40(37,38)28-17-7-21(2)8-18-28/h7-18,22-23H,6,19-20H2,1-5H3,(H,32,36). The molecule has 0 aliphatic rings. The van der Waals surface area contributed by atoms with E-state index < -0.39 is 34.3 Å². The van der Waals surface area contributed by atoms with Crippen LogP contribution in [-0.2, 0) is 26.2 Å². The van der Waals surface area contributed by atoms with E-state index in [1.807, 2.05) is 20.8 Å². The quantitative estimate of drug-likeness (QED) is 0.342. The van der Waals surface area contributed by atoms with Gasteiger partial charge in [-0.2, -0.15) is 0 Å². The highest BCUT2D eigenvalue weighted by Gasteiger charge is 2.32. The molecule has 1 N–H and O–H groups in total. The number of benzene rings is 3. The lowest BCUT2D eigenvalue weighted by atomic mass is 10.1. The van der Waals surface area contributed by atoms with Gasteiger partial charge in [0.25, 0.3) is 10.0 Å². The molecule has 0 aliphatic heterocycles. The predicted molar refractivity (Wildman–Crippen MR) is 153 cm³/mol. The number of aryl methyl sites for hydroxylation is 1. The van der Waals surface area contributed by atoms with Crippen LogP contribution in [0.4, 0.5) is 10.1 Å². The average Bonchev–Trinajstić information content (AvgIpc) is 2.95. The summed E-state index contributed by atoms with van der Waals surface area (Å²) in [7, 11) is -2.67. The molecule has 3 aromatic rings. The first-order chi connectivity index (χ1) is 19.0. The minimum absolute atomic E-state index is 0.0144. The van der Waals surface area contributed by atoms with Gasteiger partial charge < -0.3 is 15.0 Å². The zero-order valence-corrected chi connectivity index (χ0v) is 24.2. The van der Waals surface area contributed by atoms with Crippen LogP contribution in [0, 0.1) is 12.7 Å². The second-order valence-electron chi connectivity index (χ2n) is 9.66. The first-order valence-corrected chi connectivity index (χ1v) is 14.5. The van der Waals surface area contributed by atoms with Crippen molar-refractivity contribution in [2.45, 2.75) is 57.6 Å². The molecule has 0 fully saturated rings. The van der Waals surface area contributed by atoms with E-state index in [1.54, 1.807) is 50.4 Å². The Morgan fingerprint density at radius 1 is 0.950 bits per heavy atom. The summed E-state index contributed by atoms with van der Waals surface area (Å²) in [6.07, 6.45) is 0.706. The van der Waals surface area contributed by atoms with Crippen molar-refractivity contribution < 1.29 is 27.1 Å². The van der Waals surface area contributed by atoms with Crippen LogP contribution in [0.5, 0.6) is 5.75 Å². The van der Waals surface area contributed by atoms with E-state index >= 15 is 0 Å². The number of hydrogen-bond acceptors (Lipinski definition) is 5. The number of methoxy groups -OCH3 is 1. The lowest BCUT2D eigenvalue weighted by Crippen LogP contribution is -2.52. The van der Waals surface area contributed by atoms with E-state index in [4.69, 9.17) is 4.74 Å². The molecule has 3 aromatic carbocycles. The first kappa shape index (κ1) is 30.6. The SMILES string of the molecule is CCC(C)NC(=O)C(C)N(Cc1ccc(OC)cc1)C(=O)CN(c1ccc(F)cc1)S(=O)(=O)c1ccc(C)cc1. The Bertz CT molecular complexity index is 1390. The van der Waals surface area contributed by atoms with Crippen LogP contribution in [0.2, 0.25) is 0 Å². The fraction of sp³-hybridized carbons (Fsp3) is 0.333. The van der Waals surface area contributed by atoms with Gasteiger partial charge in [-0.1, -0.05) is 36.8 Å². The zero-order valence-electron chi connectivity index (χ0n) is 23.4. The molecule has 8 nitrogen and oxygen atoms in total. The molecule has 40 heavy (non-hydrogen) atoms. The van der Waals surface area contributed by atoms with Crippen molar-refractivity contribution in [2.75, 3.05) is 18.0 Å². The number of halogens is 1. The molecule has 0 bridgehead atoms. The zero-order chi connectivity index (χ0) is 29.4. The smallest absolute Gasteiger partial charge is 0.264 e. The maximum absolute atomic E-state index is 13.9. The third-order valence-corrected chi connectivity index (χ3v) is 8.47. The monoisotopic (exact) mass is 569 g/mol. The normalized spacial score (nSPS) is 12.8. The van der Waals surface area contributed by atoms with Gasteiger partial charge in [-0.3, -0.25) is 13.9 Å². The van der Waals surface area contributed by atoms with Gasteiger partial charge >= 0.3 is 0 Å². The van der Waals surface area contributed by atoms with Gasteiger partial charge in [-0.05, 0) is 81.3 Å². The second kappa shape index (κ2) is 13.4. The Balaban J connectivity index is 2.01. The van der Waals surface area contributed by atoms with Crippen LogP contribution >= 0.6 is 0 Å². The molecule has 3 rings (SSSR count). The molecule has 214 valence electrons. The lowest BCUT2D eigenvalue weighted by molar-refractivity contribution is -0.139. The highest BCUT2D eigenvalue weighted by Crippen LogP contribution is 2.25. The maximum Gasteiger partial charge on any atom is 0.264 e. The highest BCUT2D eigenvalue weighted by atomic mass is 32.2. The van der Waals surface area contributed by atoms with Gasteiger partial charge in [0, 0.05) is 12.6 Å². The minimum Gasteiger partial charge on any atom is -0.497 e. The van der Waals surface area contributed by atoms with Crippen molar-refractivity contribution in [2.24, 2.45) is 0 Å². The second-order valence-corrected chi connectivity index (χ2v) is 11.5. The highest BCUT2D eigenvalue weighted by molar-refractivity contribution is 7.92. The topological polar surface area (TPSA) is 96.0 Å². The molecule has 2 unspecified atom stereocenters. The number of anilines is 1. The van der Waals surface area contributed by atoms with E-state index in [1.165, 1.54) is 29.2 Å². The molecule has 0 saturated carbocycles. The Morgan fingerprint density at radius 2 is 1.55 bits per heavy atom. The van der Waals surface area contributed by atoms with Gasteiger partial charge in [0.1, 0.15) is 24.2 Å². The largest absolute Gasteiger partial charge is 0.497 e. The van der Waals surface area contributed by atoms with E-state index in [-0.39, 0.29) is 29.1 Å². The van der Waals surface area contributed by atoms with Crippen molar-refractivity contribution >= 4 is 27.5 Å². The number of carbonyl (C=O) groups excluding carboxylic acids is 2. The molecule has 2 amide bonds.